The number of benzene rings is 3. The van der Waals surface area contributed by atoms with Crippen molar-refractivity contribution < 1.29 is 14.4 Å². The molecule has 6 rings (SSSR count). The molecule has 0 N–H and O–H groups in total. The highest BCUT2D eigenvalue weighted by Crippen LogP contribution is 2.49. The fraction of sp³-hybridized carbons (Fsp3) is 0.148. The standard InChI is InChI=1S/C27H19Cl2N3O3/c1-15-19(28)11-7-13-21(15)31-26(33)22-23(18-14-16-8-5-6-12-20(16)30-25(18)29)32(35-24(22)27(31)34)17-9-3-2-4-10-17/h2-14,22-24H,1H3/t22-,23+,24-/m0/s1. The zero-order valence-corrected chi connectivity index (χ0v) is 20.1. The molecule has 3 aromatic carbocycles. The van der Waals surface area contributed by atoms with Crippen molar-refractivity contribution >= 4 is 57.3 Å². The largest absolute Gasteiger partial charge is 0.273 e. The number of hydrogen-bond donors (Lipinski definition) is 0. The molecule has 3 heterocycles. The van der Waals surface area contributed by atoms with E-state index in [1.54, 1.807) is 30.2 Å². The van der Waals surface area contributed by atoms with Crippen molar-refractivity contribution in [2.45, 2.75) is 19.1 Å². The molecule has 2 amide bonds. The molecule has 0 spiro atoms. The molecule has 2 aliphatic heterocycles. The molecule has 2 fully saturated rings. The number of pyridine rings is 1. The molecule has 2 aliphatic rings. The van der Waals surface area contributed by atoms with Crippen molar-refractivity contribution in [2.24, 2.45) is 5.92 Å². The van der Waals surface area contributed by atoms with Gasteiger partial charge in [-0.3, -0.25) is 14.4 Å². The molecular weight excluding hydrogens is 485 g/mol. The fourth-order valence-corrected chi connectivity index (χ4v) is 5.35. The lowest BCUT2D eigenvalue weighted by molar-refractivity contribution is -0.126. The first-order valence-electron chi connectivity index (χ1n) is 11.1. The first kappa shape index (κ1) is 22.0. The van der Waals surface area contributed by atoms with Crippen LogP contribution in [0.5, 0.6) is 0 Å². The van der Waals surface area contributed by atoms with Crippen LogP contribution >= 0.6 is 23.2 Å². The van der Waals surface area contributed by atoms with E-state index >= 15 is 0 Å². The van der Waals surface area contributed by atoms with Gasteiger partial charge in [-0.25, -0.2) is 14.9 Å². The summed E-state index contributed by atoms with van der Waals surface area (Å²) in [6.07, 6.45) is -1.01. The summed E-state index contributed by atoms with van der Waals surface area (Å²) in [5.74, 6) is -1.61. The first-order chi connectivity index (χ1) is 17.0. The number of carbonyl (C=O) groups excluding carboxylic acids is 2. The number of anilines is 2. The van der Waals surface area contributed by atoms with Crippen molar-refractivity contribution in [1.82, 2.24) is 4.98 Å². The summed E-state index contributed by atoms with van der Waals surface area (Å²) in [6.45, 7) is 1.78. The lowest BCUT2D eigenvalue weighted by Crippen LogP contribution is -2.37. The van der Waals surface area contributed by atoms with Crippen LogP contribution in [0, 0.1) is 12.8 Å². The zero-order chi connectivity index (χ0) is 24.3. The smallest absolute Gasteiger partial charge is 0.266 e. The maximum Gasteiger partial charge on any atom is 0.266 e. The van der Waals surface area contributed by atoms with E-state index in [4.69, 9.17) is 28.0 Å². The van der Waals surface area contributed by atoms with Crippen LogP contribution in [0.15, 0.2) is 78.9 Å². The zero-order valence-electron chi connectivity index (χ0n) is 18.6. The average Bonchev–Trinajstić information content (AvgIpc) is 3.37. The van der Waals surface area contributed by atoms with Crippen molar-refractivity contribution in [2.75, 3.05) is 9.96 Å². The summed E-state index contributed by atoms with van der Waals surface area (Å²) in [5.41, 5.74) is 3.18. The van der Waals surface area contributed by atoms with E-state index in [9.17, 15) is 9.59 Å². The number of amides is 2. The molecule has 6 nitrogen and oxygen atoms in total. The monoisotopic (exact) mass is 503 g/mol. The minimum absolute atomic E-state index is 0.261. The predicted molar refractivity (Wildman–Crippen MR) is 135 cm³/mol. The molecular formula is C27H19Cl2N3O3. The van der Waals surface area contributed by atoms with Gasteiger partial charge in [0.1, 0.15) is 11.1 Å². The van der Waals surface area contributed by atoms with Crippen molar-refractivity contribution in [1.29, 1.82) is 0 Å². The lowest BCUT2D eigenvalue weighted by atomic mass is 9.90. The number of hydrogen-bond acceptors (Lipinski definition) is 5. The summed E-state index contributed by atoms with van der Waals surface area (Å²) in [5, 5.41) is 3.23. The lowest BCUT2D eigenvalue weighted by Gasteiger charge is -2.29. The molecule has 0 aliphatic carbocycles. The second-order valence-electron chi connectivity index (χ2n) is 8.61. The SMILES string of the molecule is Cc1c(Cl)cccc1N1C(=O)[C@@H]2[C@H](ON(c3ccccc3)[C@@H]2c2cc3ccccc3nc2Cl)C1=O. The Morgan fingerprint density at radius 3 is 2.43 bits per heavy atom. The van der Waals surface area contributed by atoms with Crippen LogP contribution in [-0.2, 0) is 14.4 Å². The van der Waals surface area contributed by atoms with Crippen LogP contribution in [0.25, 0.3) is 10.9 Å². The van der Waals surface area contributed by atoms with Gasteiger partial charge in [-0.05, 0) is 48.9 Å². The minimum Gasteiger partial charge on any atom is -0.273 e. The van der Waals surface area contributed by atoms with Crippen LogP contribution in [0.4, 0.5) is 11.4 Å². The Labute approximate surface area is 211 Å². The molecule has 2 saturated heterocycles. The number of hydroxylamine groups is 1. The molecule has 0 radical (unpaired) electrons. The van der Waals surface area contributed by atoms with Gasteiger partial charge in [-0.15, -0.1) is 0 Å². The van der Waals surface area contributed by atoms with E-state index in [2.05, 4.69) is 4.98 Å². The Hall–Kier alpha value is -3.45. The highest BCUT2D eigenvalue weighted by atomic mass is 35.5. The molecule has 0 saturated carbocycles. The van der Waals surface area contributed by atoms with Gasteiger partial charge < -0.3 is 0 Å². The second-order valence-corrected chi connectivity index (χ2v) is 9.38. The minimum atomic E-state index is -1.01. The number of imide groups is 1. The van der Waals surface area contributed by atoms with Gasteiger partial charge in [-0.2, -0.15) is 0 Å². The molecule has 174 valence electrons. The molecule has 0 bridgehead atoms. The maximum atomic E-state index is 13.9. The van der Waals surface area contributed by atoms with Gasteiger partial charge in [-0.1, -0.05) is 65.7 Å². The van der Waals surface area contributed by atoms with Gasteiger partial charge in [0.15, 0.2) is 6.10 Å². The molecule has 8 heteroatoms. The van der Waals surface area contributed by atoms with Gasteiger partial charge in [0.05, 0.1) is 22.9 Å². The summed E-state index contributed by atoms with van der Waals surface area (Å²) >= 11 is 13.0. The Balaban J connectivity index is 1.51. The van der Waals surface area contributed by atoms with Crippen molar-refractivity contribution in [3.05, 3.63) is 100 Å². The number of nitrogens with zero attached hydrogens (tertiary/aromatic N) is 3. The Bertz CT molecular complexity index is 1490. The quantitative estimate of drug-likeness (QED) is 0.257. The normalized spacial score (nSPS) is 21.7. The predicted octanol–water partition coefficient (Wildman–Crippen LogP) is 5.90. The third-order valence-electron chi connectivity index (χ3n) is 6.63. The molecule has 0 unspecified atom stereocenters. The van der Waals surface area contributed by atoms with E-state index in [-0.39, 0.29) is 11.1 Å². The van der Waals surface area contributed by atoms with Gasteiger partial charge in [0.25, 0.3) is 5.91 Å². The van der Waals surface area contributed by atoms with Crippen LogP contribution in [-0.4, -0.2) is 22.9 Å². The van der Waals surface area contributed by atoms with Crippen LogP contribution in [0.2, 0.25) is 10.2 Å². The number of carbonyl (C=O) groups is 2. The Kier molecular flexibility index (Phi) is 5.25. The summed E-state index contributed by atoms with van der Waals surface area (Å²) in [7, 11) is 0. The second kappa shape index (κ2) is 8.34. The number of para-hydroxylation sites is 2. The third-order valence-corrected chi connectivity index (χ3v) is 7.34. The highest BCUT2D eigenvalue weighted by Gasteiger charge is 2.61. The van der Waals surface area contributed by atoms with E-state index < -0.39 is 24.0 Å². The van der Waals surface area contributed by atoms with Crippen molar-refractivity contribution in [3.63, 3.8) is 0 Å². The number of aromatic nitrogens is 1. The van der Waals surface area contributed by atoms with E-state index in [0.29, 0.717) is 27.5 Å². The first-order valence-corrected chi connectivity index (χ1v) is 11.9. The van der Waals surface area contributed by atoms with E-state index in [0.717, 1.165) is 10.9 Å². The molecule has 3 atom stereocenters. The van der Waals surface area contributed by atoms with Crippen LogP contribution in [0.1, 0.15) is 17.2 Å². The number of halogens is 2. The maximum absolute atomic E-state index is 13.9. The van der Waals surface area contributed by atoms with E-state index in [1.807, 2.05) is 60.7 Å². The average molecular weight is 504 g/mol. The summed E-state index contributed by atoms with van der Waals surface area (Å²) < 4.78 is 0. The topological polar surface area (TPSA) is 62.7 Å². The van der Waals surface area contributed by atoms with Gasteiger partial charge in [0.2, 0.25) is 5.91 Å². The molecule has 1 aromatic heterocycles. The number of rotatable bonds is 3. The molecule has 4 aromatic rings. The summed E-state index contributed by atoms with van der Waals surface area (Å²) in [6, 6.07) is 23.4. The Morgan fingerprint density at radius 1 is 0.886 bits per heavy atom. The van der Waals surface area contributed by atoms with E-state index in [1.165, 1.54) is 4.90 Å². The third kappa shape index (κ3) is 3.40. The Morgan fingerprint density at radius 2 is 1.63 bits per heavy atom. The van der Waals surface area contributed by atoms with Crippen LogP contribution < -0.4 is 9.96 Å². The summed E-state index contributed by atoms with van der Waals surface area (Å²) in [4.78, 5) is 39.4. The highest BCUT2D eigenvalue weighted by molar-refractivity contribution is 6.33. The van der Waals surface area contributed by atoms with Crippen LogP contribution in [0.3, 0.4) is 0 Å². The van der Waals surface area contributed by atoms with Gasteiger partial charge >= 0.3 is 0 Å². The van der Waals surface area contributed by atoms with Crippen molar-refractivity contribution in [3.8, 4) is 0 Å². The number of fused-ring (bicyclic) bond motifs is 2. The van der Waals surface area contributed by atoms with Gasteiger partial charge in [0, 0.05) is 16.0 Å². The fourth-order valence-electron chi connectivity index (χ4n) is 4.92. The molecule has 35 heavy (non-hydrogen) atoms.